The maximum atomic E-state index is 11.1. The predicted molar refractivity (Wildman–Crippen MR) is 85.2 cm³/mol. The van der Waals surface area contributed by atoms with Crippen molar-refractivity contribution < 1.29 is 13.2 Å². The highest BCUT2D eigenvalue weighted by atomic mass is 32.2. The van der Waals surface area contributed by atoms with Crippen molar-refractivity contribution in [2.24, 2.45) is 10.7 Å². The molecule has 7 nitrogen and oxygen atoms in total. The lowest BCUT2D eigenvalue weighted by molar-refractivity contribution is 0.328. The Morgan fingerprint density at radius 2 is 2.14 bits per heavy atom. The van der Waals surface area contributed by atoms with Crippen LogP contribution in [0, 0.1) is 0 Å². The second-order valence-electron chi connectivity index (χ2n) is 4.82. The van der Waals surface area contributed by atoms with Gasteiger partial charge in [-0.1, -0.05) is 6.07 Å². The Morgan fingerprint density at radius 1 is 1.43 bits per heavy atom. The summed E-state index contributed by atoms with van der Waals surface area (Å²) in [6, 6.07) is 6.94. The van der Waals surface area contributed by atoms with Crippen molar-refractivity contribution >= 4 is 21.7 Å². The summed E-state index contributed by atoms with van der Waals surface area (Å²) in [4.78, 5) is 4.11. The van der Waals surface area contributed by atoms with E-state index < -0.39 is 10.0 Å². The largest absolute Gasteiger partial charge is 0.492 e. The summed E-state index contributed by atoms with van der Waals surface area (Å²) < 4.78 is 30.2. The van der Waals surface area contributed by atoms with Crippen LogP contribution in [0.4, 0.5) is 5.69 Å². The van der Waals surface area contributed by atoms with E-state index in [1.165, 1.54) is 0 Å². The summed E-state index contributed by atoms with van der Waals surface area (Å²) in [5, 5.41) is 2.97. The maximum Gasteiger partial charge on any atom is 0.229 e. The molecule has 21 heavy (non-hydrogen) atoms. The van der Waals surface area contributed by atoms with Gasteiger partial charge >= 0.3 is 0 Å². The first-order valence-electron chi connectivity index (χ1n) is 6.53. The van der Waals surface area contributed by atoms with Gasteiger partial charge in [-0.25, -0.2) is 13.4 Å². The van der Waals surface area contributed by atoms with Crippen molar-refractivity contribution in [3.05, 3.63) is 24.3 Å². The van der Waals surface area contributed by atoms with Gasteiger partial charge in [-0.15, -0.1) is 0 Å². The number of hydrogen-bond donors (Lipinski definition) is 3. The molecular weight excluding hydrogens is 292 g/mol. The van der Waals surface area contributed by atoms with Crippen LogP contribution in [0.5, 0.6) is 5.75 Å². The number of anilines is 1. The van der Waals surface area contributed by atoms with E-state index in [0.717, 1.165) is 6.26 Å². The smallest absolute Gasteiger partial charge is 0.229 e. The fourth-order valence-electron chi connectivity index (χ4n) is 1.53. The molecule has 0 aromatic heterocycles. The van der Waals surface area contributed by atoms with Gasteiger partial charge in [-0.2, -0.15) is 0 Å². The summed E-state index contributed by atoms with van der Waals surface area (Å²) in [5.74, 6) is 0.940. The number of rotatable bonds is 7. The van der Waals surface area contributed by atoms with Gasteiger partial charge in [-0.05, 0) is 26.0 Å². The normalized spacial score (nSPS) is 12.3. The van der Waals surface area contributed by atoms with Crippen molar-refractivity contribution in [1.29, 1.82) is 0 Å². The molecule has 0 aliphatic heterocycles. The maximum absolute atomic E-state index is 11.1. The Labute approximate surface area is 125 Å². The SMILES string of the molecule is CC(C)NC(N)=NCCOc1cccc(NS(C)(=O)=O)c1. The molecule has 0 radical (unpaired) electrons. The van der Waals surface area contributed by atoms with Crippen LogP contribution >= 0.6 is 0 Å². The van der Waals surface area contributed by atoms with Crippen molar-refractivity contribution in [3.63, 3.8) is 0 Å². The Bertz CT molecular complexity index is 585. The molecule has 1 rings (SSSR count). The van der Waals surface area contributed by atoms with E-state index in [0.29, 0.717) is 30.5 Å². The molecule has 1 aromatic carbocycles. The zero-order valence-corrected chi connectivity index (χ0v) is 13.3. The number of guanidine groups is 1. The molecular formula is C13H22N4O3S. The van der Waals surface area contributed by atoms with Crippen LogP contribution in [0.1, 0.15) is 13.8 Å². The van der Waals surface area contributed by atoms with E-state index in [9.17, 15) is 8.42 Å². The highest BCUT2D eigenvalue weighted by Crippen LogP contribution is 2.17. The van der Waals surface area contributed by atoms with Crippen LogP contribution in [-0.2, 0) is 10.0 Å². The first-order valence-corrected chi connectivity index (χ1v) is 8.42. The monoisotopic (exact) mass is 314 g/mol. The number of benzene rings is 1. The van der Waals surface area contributed by atoms with Crippen LogP contribution in [0.2, 0.25) is 0 Å². The highest BCUT2D eigenvalue weighted by molar-refractivity contribution is 7.92. The highest BCUT2D eigenvalue weighted by Gasteiger charge is 2.03. The van der Waals surface area contributed by atoms with Gasteiger partial charge < -0.3 is 15.8 Å². The Balaban J connectivity index is 2.47. The third-order valence-electron chi connectivity index (χ3n) is 2.22. The summed E-state index contributed by atoms with van der Waals surface area (Å²) in [7, 11) is -3.29. The summed E-state index contributed by atoms with van der Waals surface area (Å²) in [6.07, 6.45) is 1.10. The molecule has 0 aliphatic carbocycles. The second kappa shape index (κ2) is 7.72. The molecule has 0 spiro atoms. The summed E-state index contributed by atoms with van der Waals surface area (Å²) in [5.41, 5.74) is 6.11. The standard InChI is InChI=1S/C13H22N4O3S/c1-10(2)16-13(14)15-7-8-20-12-6-4-5-11(9-12)17-21(3,18)19/h4-6,9-10,17H,7-8H2,1-3H3,(H3,14,15,16). The average Bonchev–Trinajstić information content (AvgIpc) is 2.32. The fraction of sp³-hybridized carbons (Fsp3) is 0.462. The molecule has 0 saturated carbocycles. The van der Waals surface area contributed by atoms with Crippen molar-refractivity contribution in [2.75, 3.05) is 24.1 Å². The van der Waals surface area contributed by atoms with Gasteiger partial charge in [-0.3, -0.25) is 4.72 Å². The van der Waals surface area contributed by atoms with Gasteiger partial charge in [0.1, 0.15) is 12.4 Å². The number of nitrogens with zero attached hydrogens (tertiary/aromatic N) is 1. The van der Waals surface area contributed by atoms with Gasteiger partial charge in [0.15, 0.2) is 5.96 Å². The molecule has 0 aliphatic rings. The zero-order valence-electron chi connectivity index (χ0n) is 12.5. The van der Waals surface area contributed by atoms with Crippen LogP contribution in [-0.4, -0.2) is 39.8 Å². The summed E-state index contributed by atoms with van der Waals surface area (Å²) in [6.45, 7) is 4.70. The summed E-state index contributed by atoms with van der Waals surface area (Å²) >= 11 is 0. The van der Waals surface area contributed by atoms with E-state index in [1.807, 2.05) is 13.8 Å². The second-order valence-corrected chi connectivity index (χ2v) is 6.56. The molecule has 0 unspecified atom stereocenters. The minimum absolute atomic E-state index is 0.230. The van der Waals surface area contributed by atoms with Crippen molar-refractivity contribution in [2.45, 2.75) is 19.9 Å². The quantitative estimate of drug-likeness (QED) is 0.391. The number of aliphatic imine (C=N–C) groups is 1. The number of sulfonamides is 1. The number of ether oxygens (including phenoxy) is 1. The molecule has 0 saturated heterocycles. The van der Waals surface area contributed by atoms with Crippen LogP contribution < -0.4 is 20.5 Å². The molecule has 0 heterocycles. The van der Waals surface area contributed by atoms with Gasteiger partial charge in [0, 0.05) is 12.1 Å². The number of nitrogens with two attached hydrogens (primary N) is 1. The average molecular weight is 314 g/mol. The molecule has 0 atom stereocenters. The molecule has 8 heteroatoms. The van der Waals surface area contributed by atoms with E-state index in [-0.39, 0.29) is 6.04 Å². The minimum Gasteiger partial charge on any atom is -0.492 e. The zero-order chi connectivity index (χ0) is 15.9. The van der Waals surface area contributed by atoms with Gasteiger partial charge in [0.2, 0.25) is 10.0 Å². The lowest BCUT2D eigenvalue weighted by Crippen LogP contribution is -2.37. The lowest BCUT2D eigenvalue weighted by Gasteiger charge is -2.10. The lowest BCUT2D eigenvalue weighted by atomic mass is 10.3. The third-order valence-corrected chi connectivity index (χ3v) is 2.82. The molecule has 1 aromatic rings. The molecule has 118 valence electrons. The Kier molecular flexibility index (Phi) is 6.29. The first kappa shape index (κ1) is 17.1. The minimum atomic E-state index is -3.29. The number of hydrogen-bond acceptors (Lipinski definition) is 4. The van der Waals surface area contributed by atoms with Crippen LogP contribution in [0.15, 0.2) is 29.3 Å². The fourth-order valence-corrected chi connectivity index (χ4v) is 2.09. The van der Waals surface area contributed by atoms with E-state index in [1.54, 1.807) is 24.3 Å². The third kappa shape index (κ3) is 8.03. The van der Waals surface area contributed by atoms with Crippen molar-refractivity contribution in [3.8, 4) is 5.75 Å². The molecule has 0 amide bonds. The molecule has 4 N–H and O–H groups in total. The van der Waals surface area contributed by atoms with E-state index in [2.05, 4.69) is 15.0 Å². The van der Waals surface area contributed by atoms with Crippen molar-refractivity contribution in [1.82, 2.24) is 5.32 Å². The van der Waals surface area contributed by atoms with E-state index >= 15 is 0 Å². The van der Waals surface area contributed by atoms with Crippen LogP contribution in [0.25, 0.3) is 0 Å². The Morgan fingerprint density at radius 3 is 2.76 bits per heavy atom. The van der Waals surface area contributed by atoms with Gasteiger partial charge in [0.05, 0.1) is 18.5 Å². The molecule has 0 bridgehead atoms. The predicted octanol–water partition coefficient (Wildman–Crippen LogP) is 0.750. The topological polar surface area (TPSA) is 106 Å². The Hall–Kier alpha value is -1.96. The van der Waals surface area contributed by atoms with Crippen LogP contribution in [0.3, 0.4) is 0 Å². The first-order chi connectivity index (χ1) is 9.76. The van der Waals surface area contributed by atoms with Gasteiger partial charge in [0.25, 0.3) is 0 Å². The molecule has 0 fully saturated rings. The number of nitrogens with one attached hydrogen (secondary N) is 2. The van der Waals surface area contributed by atoms with E-state index in [4.69, 9.17) is 10.5 Å².